The first kappa shape index (κ1) is 21.0. The van der Waals surface area contributed by atoms with Gasteiger partial charge in [-0.05, 0) is 48.4 Å². The number of ether oxygens (including phenoxy) is 1. The lowest BCUT2D eigenvalue weighted by Gasteiger charge is -2.26. The molecule has 160 valence electrons. The van der Waals surface area contributed by atoms with Crippen molar-refractivity contribution < 1.29 is 17.9 Å². The first-order valence-electron chi connectivity index (χ1n) is 10.4. The number of benzene rings is 2. The highest BCUT2D eigenvalue weighted by Gasteiger charge is 2.41. The van der Waals surface area contributed by atoms with Crippen LogP contribution in [0.1, 0.15) is 40.9 Å². The second kappa shape index (κ2) is 8.49. The van der Waals surface area contributed by atoms with Gasteiger partial charge in [0.25, 0.3) is 5.91 Å². The van der Waals surface area contributed by atoms with Crippen molar-refractivity contribution in [3.05, 3.63) is 65.2 Å². The van der Waals surface area contributed by atoms with E-state index < -0.39 is 10.0 Å². The number of carbonyl (C=O) groups is 1. The number of morpholine rings is 1. The Hall–Kier alpha value is -2.22. The fourth-order valence-corrected chi connectivity index (χ4v) is 5.51. The lowest BCUT2D eigenvalue weighted by molar-refractivity contribution is 0.0730. The van der Waals surface area contributed by atoms with Crippen molar-refractivity contribution in [2.45, 2.75) is 31.2 Å². The van der Waals surface area contributed by atoms with E-state index in [4.69, 9.17) is 4.74 Å². The van der Waals surface area contributed by atoms with Crippen molar-refractivity contribution in [3.8, 4) is 0 Å². The molecule has 2 aliphatic rings. The first-order valence-corrected chi connectivity index (χ1v) is 11.9. The number of hydrogen-bond donors (Lipinski definition) is 1. The number of aryl methyl sites for hydroxylation is 1. The number of hydrogen-bond acceptors (Lipinski definition) is 4. The molecule has 1 N–H and O–H groups in total. The van der Waals surface area contributed by atoms with Crippen molar-refractivity contribution in [1.29, 1.82) is 0 Å². The zero-order valence-corrected chi connectivity index (χ0v) is 18.2. The van der Waals surface area contributed by atoms with E-state index in [2.05, 4.69) is 12.2 Å². The molecule has 6 nitrogen and oxygen atoms in total. The highest BCUT2D eigenvalue weighted by molar-refractivity contribution is 7.89. The van der Waals surface area contributed by atoms with Gasteiger partial charge in [0, 0.05) is 18.7 Å². The summed E-state index contributed by atoms with van der Waals surface area (Å²) in [6.45, 7) is 5.44. The van der Waals surface area contributed by atoms with Gasteiger partial charge in [-0.2, -0.15) is 4.31 Å². The molecule has 4 rings (SSSR count). The Kier molecular flexibility index (Phi) is 5.95. The summed E-state index contributed by atoms with van der Waals surface area (Å²) in [7, 11) is -3.65. The summed E-state index contributed by atoms with van der Waals surface area (Å²) < 4.78 is 32.7. The molecule has 1 aliphatic carbocycles. The lowest BCUT2D eigenvalue weighted by Crippen LogP contribution is -2.40. The molecule has 2 aromatic carbocycles. The molecule has 0 radical (unpaired) electrons. The molecule has 1 amide bonds. The molecular weight excluding hydrogens is 400 g/mol. The summed E-state index contributed by atoms with van der Waals surface area (Å²) in [5.74, 6) is 0.723. The van der Waals surface area contributed by atoms with E-state index in [-0.39, 0.29) is 16.8 Å². The van der Waals surface area contributed by atoms with Crippen molar-refractivity contribution >= 4 is 15.9 Å². The van der Waals surface area contributed by atoms with Crippen LogP contribution < -0.4 is 5.32 Å². The number of rotatable bonds is 6. The molecule has 30 heavy (non-hydrogen) atoms. The second-order valence-corrected chi connectivity index (χ2v) is 10.2. The fourth-order valence-electron chi connectivity index (χ4n) is 4.07. The van der Waals surface area contributed by atoms with Gasteiger partial charge in [-0.1, -0.05) is 43.3 Å². The van der Waals surface area contributed by atoms with Gasteiger partial charge in [0.2, 0.25) is 10.0 Å². The van der Waals surface area contributed by atoms with E-state index in [1.807, 2.05) is 37.3 Å². The molecule has 1 aliphatic heterocycles. The zero-order chi connectivity index (χ0) is 21.3. The summed E-state index contributed by atoms with van der Waals surface area (Å²) >= 11 is 0. The highest BCUT2D eigenvalue weighted by Crippen LogP contribution is 2.47. The average Bonchev–Trinajstić information content (AvgIpc) is 3.49. The molecule has 3 unspecified atom stereocenters. The summed E-state index contributed by atoms with van der Waals surface area (Å²) in [6, 6.07) is 14.7. The predicted molar refractivity (Wildman–Crippen MR) is 115 cm³/mol. The summed E-state index contributed by atoms with van der Waals surface area (Å²) in [4.78, 5) is 13.4. The van der Waals surface area contributed by atoms with Gasteiger partial charge >= 0.3 is 0 Å². The van der Waals surface area contributed by atoms with Gasteiger partial charge in [-0.15, -0.1) is 0 Å². The number of nitrogens with one attached hydrogen (secondary N) is 1. The summed E-state index contributed by atoms with van der Waals surface area (Å²) in [5, 5.41) is 3.17. The molecule has 1 saturated carbocycles. The molecule has 3 atom stereocenters. The van der Waals surface area contributed by atoms with E-state index in [1.165, 1.54) is 10.4 Å². The van der Waals surface area contributed by atoms with Crippen molar-refractivity contribution in [3.63, 3.8) is 0 Å². The smallest absolute Gasteiger partial charge is 0.252 e. The summed E-state index contributed by atoms with van der Waals surface area (Å²) in [6.07, 6.45) is 1.07. The topological polar surface area (TPSA) is 75.7 Å². The molecule has 1 heterocycles. The van der Waals surface area contributed by atoms with Crippen LogP contribution in [0.4, 0.5) is 0 Å². The molecule has 0 bridgehead atoms. The maximum atomic E-state index is 13.2. The van der Waals surface area contributed by atoms with Crippen molar-refractivity contribution in [2.75, 3.05) is 26.3 Å². The van der Waals surface area contributed by atoms with Crippen LogP contribution in [0, 0.1) is 18.8 Å². The Morgan fingerprint density at radius 3 is 2.43 bits per heavy atom. The minimum absolute atomic E-state index is 0.0763. The van der Waals surface area contributed by atoms with Crippen LogP contribution in [0.15, 0.2) is 53.4 Å². The van der Waals surface area contributed by atoms with Crippen molar-refractivity contribution in [1.82, 2.24) is 9.62 Å². The third-order valence-corrected chi connectivity index (χ3v) is 8.00. The van der Waals surface area contributed by atoms with E-state index in [0.717, 1.165) is 17.5 Å². The SMILES string of the molecule is Cc1ccc(S(=O)(=O)N2CCOCC2)cc1C(=O)NC(c1ccccc1)C1CC1C. The largest absolute Gasteiger partial charge is 0.379 e. The van der Waals surface area contributed by atoms with Gasteiger partial charge in [0.05, 0.1) is 24.2 Å². The molecule has 0 spiro atoms. The van der Waals surface area contributed by atoms with Crippen LogP contribution in [-0.2, 0) is 14.8 Å². The third kappa shape index (κ3) is 4.29. The standard InChI is InChI=1S/C23H28N2O4S/c1-16-8-9-19(30(27,28)25-10-12-29-13-11-25)15-21(16)23(26)24-22(20-14-17(20)2)18-6-4-3-5-7-18/h3-9,15,17,20,22H,10-14H2,1-2H3,(H,24,26). The Morgan fingerprint density at radius 2 is 1.80 bits per heavy atom. The Bertz CT molecular complexity index is 1020. The maximum absolute atomic E-state index is 13.2. The fraction of sp³-hybridized carbons (Fsp3) is 0.435. The lowest BCUT2D eigenvalue weighted by atomic mass is 10.00. The zero-order valence-electron chi connectivity index (χ0n) is 17.4. The van der Waals surface area contributed by atoms with Gasteiger partial charge in [0.1, 0.15) is 0 Å². The van der Waals surface area contributed by atoms with E-state index >= 15 is 0 Å². The third-order valence-electron chi connectivity index (χ3n) is 6.11. The number of carbonyl (C=O) groups excluding carboxylic acids is 1. The molecule has 2 aromatic rings. The molecular formula is C23H28N2O4S. The Labute approximate surface area is 178 Å². The second-order valence-electron chi connectivity index (χ2n) is 8.23. The van der Waals surface area contributed by atoms with Crippen LogP contribution in [0.25, 0.3) is 0 Å². The quantitative estimate of drug-likeness (QED) is 0.767. The average molecular weight is 429 g/mol. The Morgan fingerprint density at radius 1 is 1.13 bits per heavy atom. The van der Waals surface area contributed by atoms with E-state index in [9.17, 15) is 13.2 Å². The van der Waals surface area contributed by atoms with Crippen LogP contribution >= 0.6 is 0 Å². The van der Waals surface area contributed by atoms with Gasteiger partial charge in [0.15, 0.2) is 0 Å². The van der Waals surface area contributed by atoms with Gasteiger partial charge < -0.3 is 10.1 Å². The van der Waals surface area contributed by atoms with Crippen LogP contribution in [0.5, 0.6) is 0 Å². The van der Waals surface area contributed by atoms with Gasteiger partial charge in [-0.25, -0.2) is 8.42 Å². The Balaban J connectivity index is 1.60. The normalized spacial score (nSPS) is 23.0. The van der Waals surface area contributed by atoms with Crippen LogP contribution in [-0.4, -0.2) is 44.9 Å². The van der Waals surface area contributed by atoms with Crippen molar-refractivity contribution in [2.24, 2.45) is 11.8 Å². The summed E-state index contributed by atoms with van der Waals surface area (Å²) in [5.41, 5.74) is 2.23. The number of amides is 1. The number of sulfonamides is 1. The molecule has 2 fully saturated rings. The van der Waals surface area contributed by atoms with E-state index in [1.54, 1.807) is 12.1 Å². The van der Waals surface area contributed by atoms with Gasteiger partial charge in [-0.3, -0.25) is 4.79 Å². The monoisotopic (exact) mass is 428 g/mol. The predicted octanol–water partition coefficient (Wildman–Crippen LogP) is 3.14. The molecule has 1 saturated heterocycles. The highest BCUT2D eigenvalue weighted by atomic mass is 32.2. The first-order chi connectivity index (χ1) is 14.4. The maximum Gasteiger partial charge on any atom is 0.252 e. The molecule has 0 aromatic heterocycles. The molecule has 7 heteroatoms. The minimum Gasteiger partial charge on any atom is -0.379 e. The van der Waals surface area contributed by atoms with E-state index in [0.29, 0.717) is 43.7 Å². The minimum atomic E-state index is -3.65. The van der Waals surface area contributed by atoms with Crippen LogP contribution in [0.2, 0.25) is 0 Å². The number of nitrogens with zero attached hydrogens (tertiary/aromatic N) is 1. The van der Waals surface area contributed by atoms with Crippen LogP contribution in [0.3, 0.4) is 0 Å².